The molecule has 12 heavy (non-hydrogen) atoms. The van der Waals surface area contributed by atoms with Crippen LogP contribution in [0.15, 0.2) is 12.4 Å². The average Bonchev–Trinajstić information content (AvgIpc) is 2.05. The van der Waals surface area contributed by atoms with E-state index < -0.39 is 0 Å². The average molecular weight is 188 g/mol. The molecule has 0 saturated carbocycles. The summed E-state index contributed by atoms with van der Waals surface area (Å²) in [5, 5.41) is 0.334. The Balaban J connectivity index is 2.41. The Morgan fingerprint density at radius 3 is 3.00 bits per heavy atom. The molecule has 0 aliphatic rings. The molecule has 0 fully saturated rings. The van der Waals surface area contributed by atoms with Gasteiger partial charge in [0, 0.05) is 0 Å². The van der Waals surface area contributed by atoms with Crippen molar-refractivity contribution >= 4 is 11.6 Å². The summed E-state index contributed by atoms with van der Waals surface area (Å²) in [6.07, 6.45) is 3.77. The van der Waals surface area contributed by atoms with Crippen LogP contribution >= 0.6 is 11.6 Å². The molecule has 0 unspecified atom stereocenters. The van der Waals surface area contributed by atoms with Gasteiger partial charge in [-0.05, 0) is 13.0 Å². The SMILES string of the molecule is NCCCOc1cncc(Cl)n1. The number of nitrogens with two attached hydrogens (primary N) is 1. The van der Waals surface area contributed by atoms with E-state index in [0.717, 1.165) is 6.42 Å². The van der Waals surface area contributed by atoms with Gasteiger partial charge in [-0.1, -0.05) is 11.6 Å². The molecule has 1 heterocycles. The smallest absolute Gasteiger partial charge is 0.233 e. The van der Waals surface area contributed by atoms with E-state index in [1.165, 1.54) is 12.4 Å². The highest BCUT2D eigenvalue weighted by molar-refractivity contribution is 6.29. The first-order chi connectivity index (χ1) is 5.83. The maximum Gasteiger partial charge on any atom is 0.233 e. The molecule has 1 aromatic rings. The molecule has 4 nitrogen and oxygen atoms in total. The van der Waals surface area contributed by atoms with Gasteiger partial charge in [0.05, 0.1) is 19.0 Å². The molecule has 66 valence electrons. The molecule has 0 atom stereocenters. The monoisotopic (exact) mass is 187 g/mol. The van der Waals surface area contributed by atoms with Crippen molar-refractivity contribution in [1.82, 2.24) is 9.97 Å². The van der Waals surface area contributed by atoms with Crippen molar-refractivity contribution in [3.63, 3.8) is 0 Å². The quantitative estimate of drug-likeness (QED) is 0.711. The Kier molecular flexibility index (Phi) is 3.76. The van der Waals surface area contributed by atoms with E-state index in [9.17, 15) is 0 Å². The molecule has 0 bridgehead atoms. The van der Waals surface area contributed by atoms with Crippen LogP contribution in [0.25, 0.3) is 0 Å². The first-order valence-corrected chi connectivity index (χ1v) is 4.01. The molecule has 0 amide bonds. The molecule has 1 aromatic heterocycles. The van der Waals surface area contributed by atoms with Gasteiger partial charge >= 0.3 is 0 Å². The minimum Gasteiger partial charge on any atom is -0.476 e. The van der Waals surface area contributed by atoms with Gasteiger partial charge in [0.15, 0.2) is 5.15 Å². The van der Waals surface area contributed by atoms with E-state index in [4.69, 9.17) is 22.1 Å². The highest BCUT2D eigenvalue weighted by atomic mass is 35.5. The summed E-state index contributed by atoms with van der Waals surface area (Å²) < 4.78 is 5.19. The predicted octanol–water partition coefficient (Wildman–Crippen LogP) is 0.858. The maximum atomic E-state index is 5.58. The van der Waals surface area contributed by atoms with Crippen molar-refractivity contribution in [3.8, 4) is 5.88 Å². The predicted molar refractivity (Wildman–Crippen MR) is 46.2 cm³/mol. The molecule has 0 aliphatic heterocycles. The second-order valence-electron chi connectivity index (χ2n) is 2.17. The summed E-state index contributed by atoms with van der Waals surface area (Å²) in [4.78, 5) is 7.70. The lowest BCUT2D eigenvalue weighted by molar-refractivity contribution is 0.300. The van der Waals surface area contributed by atoms with Crippen LogP contribution in [0, 0.1) is 0 Å². The first-order valence-electron chi connectivity index (χ1n) is 3.63. The van der Waals surface area contributed by atoms with Crippen LogP contribution in [0.3, 0.4) is 0 Å². The molecule has 0 aliphatic carbocycles. The second kappa shape index (κ2) is 4.90. The number of hydrogen-bond donors (Lipinski definition) is 1. The lowest BCUT2D eigenvalue weighted by Crippen LogP contribution is -2.06. The van der Waals surface area contributed by atoms with Crippen LogP contribution in [0.4, 0.5) is 0 Å². The van der Waals surface area contributed by atoms with Crippen molar-refractivity contribution in [2.75, 3.05) is 13.2 Å². The standard InChI is InChI=1S/C7H10ClN3O/c8-6-4-10-5-7(11-6)12-3-1-2-9/h4-5H,1-3,9H2. The van der Waals surface area contributed by atoms with Gasteiger partial charge in [-0.3, -0.25) is 4.98 Å². The third-order valence-corrected chi connectivity index (χ3v) is 1.36. The zero-order valence-corrected chi connectivity index (χ0v) is 7.29. The number of aromatic nitrogens is 2. The van der Waals surface area contributed by atoms with Gasteiger partial charge < -0.3 is 10.5 Å². The molecule has 5 heteroatoms. The largest absolute Gasteiger partial charge is 0.476 e. The molecular weight excluding hydrogens is 178 g/mol. The summed E-state index contributed by atoms with van der Waals surface area (Å²) in [5.41, 5.74) is 5.28. The highest BCUT2D eigenvalue weighted by Crippen LogP contribution is 2.08. The summed E-state index contributed by atoms with van der Waals surface area (Å²) >= 11 is 5.58. The zero-order valence-electron chi connectivity index (χ0n) is 6.53. The van der Waals surface area contributed by atoms with Crippen LogP contribution in [-0.2, 0) is 0 Å². The van der Waals surface area contributed by atoms with Crippen molar-refractivity contribution in [1.29, 1.82) is 0 Å². The summed E-state index contributed by atoms with van der Waals surface area (Å²) in [6, 6.07) is 0. The van der Waals surface area contributed by atoms with Crippen molar-refractivity contribution in [2.24, 2.45) is 5.73 Å². The van der Waals surface area contributed by atoms with Crippen molar-refractivity contribution < 1.29 is 4.74 Å². The molecule has 0 aromatic carbocycles. The second-order valence-corrected chi connectivity index (χ2v) is 2.56. The van der Waals surface area contributed by atoms with Gasteiger partial charge in [-0.2, -0.15) is 4.98 Å². The minimum atomic E-state index is 0.334. The number of ether oxygens (including phenoxy) is 1. The van der Waals surface area contributed by atoms with Crippen LogP contribution < -0.4 is 10.5 Å². The van der Waals surface area contributed by atoms with Gasteiger partial charge in [0.2, 0.25) is 5.88 Å². The topological polar surface area (TPSA) is 61.0 Å². The van der Waals surface area contributed by atoms with E-state index in [-0.39, 0.29) is 0 Å². The molecule has 2 N–H and O–H groups in total. The van der Waals surface area contributed by atoms with Crippen molar-refractivity contribution in [2.45, 2.75) is 6.42 Å². The van der Waals surface area contributed by atoms with Crippen LogP contribution in [0.1, 0.15) is 6.42 Å². The minimum absolute atomic E-state index is 0.334. The lowest BCUT2D eigenvalue weighted by atomic mass is 10.5. The normalized spacial score (nSPS) is 9.83. The van der Waals surface area contributed by atoms with Gasteiger partial charge in [0.25, 0.3) is 0 Å². The van der Waals surface area contributed by atoms with E-state index in [1.54, 1.807) is 0 Å². The fourth-order valence-corrected chi connectivity index (χ4v) is 0.795. The Labute approximate surface area is 75.7 Å². The van der Waals surface area contributed by atoms with Gasteiger partial charge in [-0.25, -0.2) is 0 Å². The van der Waals surface area contributed by atoms with E-state index >= 15 is 0 Å². The highest BCUT2D eigenvalue weighted by Gasteiger charge is 1.95. The van der Waals surface area contributed by atoms with Gasteiger partial charge in [-0.15, -0.1) is 0 Å². The third kappa shape index (κ3) is 3.02. The van der Waals surface area contributed by atoms with E-state index in [0.29, 0.717) is 24.2 Å². The van der Waals surface area contributed by atoms with Crippen LogP contribution in [-0.4, -0.2) is 23.1 Å². The summed E-state index contributed by atoms with van der Waals surface area (Å²) in [6.45, 7) is 1.15. The van der Waals surface area contributed by atoms with Crippen LogP contribution in [0.2, 0.25) is 5.15 Å². The summed E-state index contributed by atoms with van der Waals surface area (Å²) in [5.74, 6) is 0.441. The van der Waals surface area contributed by atoms with Crippen molar-refractivity contribution in [3.05, 3.63) is 17.5 Å². The molecule has 0 spiro atoms. The third-order valence-electron chi connectivity index (χ3n) is 1.18. The number of halogens is 1. The fourth-order valence-electron chi connectivity index (χ4n) is 0.655. The molecule has 0 radical (unpaired) electrons. The molecule has 0 saturated heterocycles. The maximum absolute atomic E-state index is 5.58. The number of rotatable bonds is 4. The Bertz CT molecular complexity index is 244. The Hall–Kier alpha value is -0.870. The van der Waals surface area contributed by atoms with Crippen LogP contribution in [0.5, 0.6) is 5.88 Å². The first kappa shape index (κ1) is 9.22. The Morgan fingerprint density at radius 1 is 1.50 bits per heavy atom. The zero-order chi connectivity index (χ0) is 8.81. The molecule has 1 rings (SSSR count). The number of hydrogen-bond acceptors (Lipinski definition) is 4. The Morgan fingerprint density at radius 2 is 2.33 bits per heavy atom. The number of nitrogens with zero attached hydrogens (tertiary/aromatic N) is 2. The van der Waals surface area contributed by atoms with E-state index in [2.05, 4.69) is 9.97 Å². The summed E-state index contributed by atoms with van der Waals surface area (Å²) in [7, 11) is 0. The van der Waals surface area contributed by atoms with E-state index in [1.807, 2.05) is 0 Å². The lowest BCUT2D eigenvalue weighted by Gasteiger charge is -2.02. The van der Waals surface area contributed by atoms with Gasteiger partial charge in [0.1, 0.15) is 0 Å². The molecular formula is C7H10ClN3O. The fraction of sp³-hybridized carbons (Fsp3) is 0.429.